The van der Waals surface area contributed by atoms with Gasteiger partial charge in [0.2, 0.25) is 0 Å². The summed E-state index contributed by atoms with van der Waals surface area (Å²) in [5.41, 5.74) is 0. The van der Waals surface area contributed by atoms with Crippen LogP contribution in [-0.2, 0) is 9.47 Å². The molecule has 0 aromatic rings. The van der Waals surface area contributed by atoms with Crippen molar-refractivity contribution in [1.29, 1.82) is 0 Å². The highest BCUT2D eigenvalue weighted by Gasteiger charge is 2.22. The first kappa shape index (κ1) is 10.8. The molecule has 2 unspecified atom stereocenters. The normalized spacial score (nSPS) is 24.5. The van der Waals surface area contributed by atoms with Gasteiger partial charge in [0, 0.05) is 12.4 Å². The highest BCUT2D eigenvalue weighted by atomic mass is 32.2. The molecule has 1 heterocycles. The molecule has 76 valence electrons. The number of ether oxygens (including phenoxy) is 2. The van der Waals surface area contributed by atoms with E-state index in [4.69, 9.17) is 9.47 Å². The zero-order valence-electron chi connectivity index (χ0n) is 7.91. The third-order valence-corrected chi connectivity index (χ3v) is 2.62. The van der Waals surface area contributed by atoms with Crippen LogP contribution >= 0.6 is 11.8 Å². The minimum atomic E-state index is -0.187. The lowest BCUT2D eigenvalue weighted by atomic mass is 10.4. The van der Waals surface area contributed by atoms with Gasteiger partial charge in [-0.25, -0.2) is 0 Å². The van der Waals surface area contributed by atoms with Crippen LogP contribution in [0, 0.1) is 0 Å². The summed E-state index contributed by atoms with van der Waals surface area (Å²) in [6, 6.07) is 0.139. The van der Waals surface area contributed by atoms with Gasteiger partial charge >= 0.3 is 0 Å². The standard InChI is InChI=1S/C8H15NO3S/c1-3-11-6(2)12-4-7-5-13-8(10)9-7/h6-7H,3-5H2,1-2H3,(H,9,10). The van der Waals surface area contributed by atoms with Crippen LogP contribution < -0.4 is 5.32 Å². The molecule has 5 heteroatoms. The lowest BCUT2D eigenvalue weighted by Gasteiger charge is -2.15. The van der Waals surface area contributed by atoms with E-state index in [9.17, 15) is 4.79 Å². The van der Waals surface area contributed by atoms with E-state index in [2.05, 4.69) is 5.32 Å². The lowest BCUT2D eigenvalue weighted by molar-refractivity contribution is -0.129. The van der Waals surface area contributed by atoms with Crippen LogP contribution in [0.1, 0.15) is 13.8 Å². The fourth-order valence-corrected chi connectivity index (χ4v) is 1.83. The van der Waals surface area contributed by atoms with Gasteiger partial charge in [0.15, 0.2) is 6.29 Å². The van der Waals surface area contributed by atoms with E-state index in [1.807, 2.05) is 13.8 Å². The fraction of sp³-hybridized carbons (Fsp3) is 0.875. The molecule has 13 heavy (non-hydrogen) atoms. The van der Waals surface area contributed by atoms with Crippen LogP contribution in [0.3, 0.4) is 0 Å². The van der Waals surface area contributed by atoms with E-state index in [-0.39, 0.29) is 17.6 Å². The molecule has 0 saturated carbocycles. The van der Waals surface area contributed by atoms with Crippen molar-refractivity contribution in [2.45, 2.75) is 26.2 Å². The highest BCUT2D eigenvalue weighted by molar-refractivity contribution is 8.13. The number of nitrogens with one attached hydrogen (secondary N) is 1. The van der Waals surface area contributed by atoms with Crippen LogP contribution in [0.2, 0.25) is 0 Å². The van der Waals surface area contributed by atoms with Gasteiger partial charge in [-0.1, -0.05) is 11.8 Å². The van der Waals surface area contributed by atoms with Gasteiger partial charge in [-0.15, -0.1) is 0 Å². The van der Waals surface area contributed by atoms with Gasteiger partial charge in [0.05, 0.1) is 12.6 Å². The van der Waals surface area contributed by atoms with E-state index < -0.39 is 0 Å². The SMILES string of the molecule is CCOC(C)OCC1CSC(=O)N1. The van der Waals surface area contributed by atoms with Crippen molar-refractivity contribution in [2.75, 3.05) is 19.0 Å². The lowest BCUT2D eigenvalue weighted by Crippen LogP contribution is -2.32. The zero-order valence-corrected chi connectivity index (χ0v) is 8.73. The Labute approximate surface area is 82.3 Å². The zero-order chi connectivity index (χ0) is 9.68. The number of hydrogen-bond donors (Lipinski definition) is 1. The Morgan fingerprint density at radius 1 is 1.69 bits per heavy atom. The third-order valence-electron chi connectivity index (χ3n) is 1.67. The molecule has 1 rings (SSSR count). The Morgan fingerprint density at radius 2 is 2.46 bits per heavy atom. The molecule has 1 aliphatic heterocycles. The van der Waals surface area contributed by atoms with E-state index in [0.717, 1.165) is 5.75 Å². The van der Waals surface area contributed by atoms with Gasteiger partial charge in [0.25, 0.3) is 5.24 Å². The number of thioether (sulfide) groups is 1. The molecular formula is C8H15NO3S. The molecule has 1 saturated heterocycles. The Kier molecular flexibility index (Phi) is 4.55. The van der Waals surface area contributed by atoms with Gasteiger partial charge in [-0.2, -0.15) is 0 Å². The van der Waals surface area contributed by atoms with E-state index in [0.29, 0.717) is 13.2 Å². The molecule has 0 spiro atoms. The first-order valence-electron chi connectivity index (χ1n) is 4.39. The van der Waals surface area contributed by atoms with Crippen molar-refractivity contribution in [2.24, 2.45) is 0 Å². The second kappa shape index (κ2) is 5.47. The second-order valence-corrected chi connectivity index (χ2v) is 3.79. The maximum absolute atomic E-state index is 10.8. The largest absolute Gasteiger partial charge is 0.353 e. The molecular weight excluding hydrogens is 190 g/mol. The first-order chi connectivity index (χ1) is 6.22. The summed E-state index contributed by atoms with van der Waals surface area (Å²) in [4.78, 5) is 10.8. The topological polar surface area (TPSA) is 47.6 Å². The van der Waals surface area contributed by atoms with Gasteiger partial charge in [-0.05, 0) is 13.8 Å². The average Bonchev–Trinajstić information content (AvgIpc) is 2.49. The Morgan fingerprint density at radius 3 is 3.00 bits per heavy atom. The van der Waals surface area contributed by atoms with Crippen molar-refractivity contribution in [3.05, 3.63) is 0 Å². The van der Waals surface area contributed by atoms with Crippen molar-refractivity contribution in [1.82, 2.24) is 5.32 Å². The van der Waals surface area contributed by atoms with Gasteiger partial charge in [0.1, 0.15) is 0 Å². The Bertz CT molecular complexity index is 177. The summed E-state index contributed by atoms with van der Waals surface area (Å²) >= 11 is 1.30. The summed E-state index contributed by atoms with van der Waals surface area (Å²) in [7, 11) is 0. The van der Waals surface area contributed by atoms with Crippen LogP contribution in [0.5, 0.6) is 0 Å². The van der Waals surface area contributed by atoms with Crippen LogP contribution in [0.25, 0.3) is 0 Å². The predicted octanol–water partition coefficient (Wildman–Crippen LogP) is 1.21. The Balaban J connectivity index is 2.08. The molecule has 0 radical (unpaired) electrons. The number of rotatable bonds is 5. The molecule has 2 atom stereocenters. The summed E-state index contributed by atoms with van der Waals surface area (Å²) in [6.45, 7) is 4.95. The summed E-state index contributed by atoms with van der Waals surface area (Å²) in [5, 5.41) is 2.83. The number of hydrogen-bond acceptors (Lipinski definition) is 4. The van der Waals surface area contributed by atoms with Crippen LogP contribution in [0.15, 0.2) is 0 Å². The van der Waals surface area contributed by atoms with Gasteiger partial charge in [-0.3, -0.25) is 4.79 Å². The van der Waals surface area contributed by atoms with Crippen molar-refractivity contribution in [3.63, 3.8) is 0 Å². The molecule has 0 aliphatic carbocycles. The molecule has 0 bridgehead atoms. The van der Waals surface area contributed by atoms with Crippen LogP contribution in [0.4, 0.5) is 4.79 Å². The van der Waals surface area contributed by atoms with Gasteiger partial charge < -0.3 is 14.8 Å². The van der Waals surface area contributed by atoms with E-state index in [1.165, 1.54) is 11.8 Å². The van der Waals surface area contributed by atoms with Crippen molar-refractivity contribution in [3.8, 4) is 0 Å². The third kappa shape index (κ3) is 3.97. The molecule has 0 aromatic carbocycles. The summed E-state index contributed by atoms with van der Waals surface area (Å²) in [5.74, 6) is 0.789. The number of amides is 1. The smallest absolute Gasteiger partial charge is 0.279 e. The maximum Gasteiger partial charge on any atom is 0.279 e. The number of carbonyl (C=O) groups excluding carboxylic acids is 1. The molecule has 1 N–H and O–H groups in total. The molecule has 1 fully saturated rings. The van der Waals surface area contributed by atoms with Crippen molar-refractivity contribution >= 4 is 17.0 Å². The Hall–Kier alpha value is -0.260. The minimum Gasteiger partial charge on any atom is -0.353 e. The summed E-state index contributed by atoms with van der Waals surface area (Å²) in [6.07, 6.45) is -0.187. The summed E-state index contributed by atoms with van der Waals surface area (Å²) < 4.78 is 10.6. The molecule has 1 amide bonds. The van der Waals surface area contributed by atoms with Crippen molar-refractivity contribution < 1.29 is 14.3 Å². The first-order valence-corrected chi connectivity index (χ1v) is 5.37. The number of carbonyl (C=O) groups is 1. The van der Waals surface area contributed by atoms with E-state index >= 15 is 0 Å². The molecule has 0 aromatic heterocycles. The van der Waals surface area contributed by atoms with E-state index in [1.54, 1.807) is 0 Å². The second-order valence-electron chi connectivity index (χ2n) is 2.80. The monoisotopic (exact) mass is 205 g/mol. The predicted molar refractivity (Wildman–Crippen MR) is 51.8 cm³/mol. The van der Waals surface area contributed by atoms with Crippen LogP contribution in [-0.4, -0.2) is 36.5 Å². The quantitative estimate of drug-likeness (QED) is 0.685. The molecule has 4 nitrogen and oxygen atoms in total. The average molecular weight is 205 g/mol. The minimum absolute atomic E-state index is 0.0395. The molecule has 1 aliphatic rings. The fourth-order valence-electron chi connectivity index (χ4n) is 1.05. The maximum atomic E-state index is 10.8. The highest BCUT2D eigenvalue weighted by Crippen LogP contribution is 2.13.